The van der Waals surface area contributed by atoms with Crippen LogP contribution in [0.1, 0.15) is 18.5 Å². The molecule has 0 spiro atoms. The van der Waals surface area contributed by atoms with E-state index in [1.54, 1.807) is 7.11 Å². The molecule has 0 aromatic carbocycles. The van der Waals surface area contributed by atoms with Crippen LogP contribution in [0.3, 0.4) is 0 Å². The molecule has 0 amide bonds. The number of nitrogens with zero attached hydrogens (tertiary/aromatic N) is 3. The molecule has 1 fully saturated rings. The molecule has 0 unspecified atom stereocenters. The predicted octanol–water partition coefficient (Wildman–Crippen LogP) is 1.23. The number of aryl methyl sites for hydroxylation is 1. The van der Waals surface area contributed by atoms with Gasteiger partial charge in [-0.2, -0.15) is 4.98 Å². The van der Waals surface area contributed by atoms with Gasteiger partial charge in [-0.3, -0.25) is 0 Å². The van der Waals surface area contributed by atoms with Crippen molar-refractivity contribution in [2.75, 3.05) is 38.7 Å². The monoisotopic (exact) mass is 250 g/mol. The van der Waals surface area contributed by atoms with Crippen molar-refractivity contribution in [1.82, 2.24) is 15.3 Å². The quantitative estimate of drug-likeness (QED) is 0.871. The van der Waals surface area contributed by atoms with Crippen LogP contribution in [0.5, 0.6) is 5.88 Å². The van der Waals surface area contributed by atoms with Crippen LogP contribution >= 0.6 is 0 Å². The third-order valence-electron chi connectivity index (χ3n) is 3.36. The molecule has 5 heteroatoms. The average molecular weight is 250 g/mol. The normalized spacial score (nSPS) is 16.6. The molecule has 1 aromatic heterocycles. The summed E-state index contributed by atoms with van der Waals surface area (Å²) < 4.78 is 5.19. The van der Waals surface area contributed by atoms with Crippen LogP contribution in [-0.2, 0) is 0 Å². The van der Waals surface area contributed by atoms with E-state index in [2.05, 4.69) is 27.2 Å². The molecule has 0 aliphatic carbocycles. The molecule has 100 valence electrons. The molecule has 1 aliphatic heterocycles. The number of methoxy groups -OCH3 is 1. The van der Waals surface area contributed by atoms with Crippen molar-refractivity contribution < 1.29 is 4.74 Å². The second-order valence-corrected chi connectivity index (χ2v) is 4.93. The molecule has 18 heavy (non-hydrogen) atoms. The molecule has 1 saturated heterocycles. The van der Waals surface area contributed by atoms with Crippen LogP contribution in [0.4, 0.5) is 5.95 Å². The van der Waals surface area contributed by atoms with E-state index in [1.807, 2.05) is 13.0 Å². The fourth-order valence-electron chi connectivity index (χ4n) is 2.33. The van der Waals surface area contributed by atoms with Crippen molar-refractivity contribution in [3.8, 4) is 5.88 Å². The number of hydrogen-bond donors (Lipinski definition) is 1. The molecule has 0 radical (unpaired) electrons. The molecule has 1 aliphatic rings. The number of ether oxygens (including phenoxy) is 1. The Morgan fingerprint density at radius 1 is 1.39 bits per heavy atom. The summed E-state index contributed by atoms with van der Waals surface area (Å²) in [7, 11) is 3.69. The van der Waals surface area contributed by atoms with Gasteiger partial charge < -0.3 is 15.0 Å². The van der Waals surface area contributed by atoms with Crippen molar-refractivity contribution in [3.63, 3.8) is 0 Å². The second kappa shape index (κ2) is 6.00. The van der Waals surface area contributed by atoms with Gasteiger partial charge in [0.2, 0.25) is 11.8 Å². The molecule has 1 N–H and O–H groups in total. The van der Waals surface area contributed by atoms with Gasteiger partial charge in [0.1, 0.15) is 0 Å². The molecule has 0 atom stereocenters. The number of nitrogens with one attached hydrogen (secondary N) is 1. The van der Waals surface area contributed by atoms with E-state index in [0.29, 0.717) is 5.88 Å². The average Bonchev–Trinajstić information content (AvgIpc) is 2.39. The lowest BCUT2D eigenvalue weighted by molar-refractivity contribution is 0.374. The van der Waals surface area contributed by atoms with Crippen LogP contribution in [0.2, 0.25) is 0 Å². The van der Waals surface area contributed by atoms with Crippen LogP contribution < -0.4 is 15.0 Å². The lowest BCUT2D eigenvalue weighted by Gasteiger charge is -2.27. The first-order chi connectivity index (χ1) is 8.69. The van der Waals surface area contributed by atoms with Crippen molar-refractivity contribution in [2.45, 2.75) is 19.8 Å². The van der Waals surface area contributed by atoms with Crippen molar-refractivity contribution in [3.05, 3.63) is 11.8 Å². The Bertz CT molecular complexity index is 391. The molecular weight excluding hydrogens is 228 g/mol. The first-order valence-electron chi connectivity index (χ1n) is 6.50. The highest BCUT2D eigenvalue weighted by Gasteiger charge is 2.17. The first kappa shape index (κ1) is 13.1. The van der Waals surface area contributed by atoms with Gasteiger partial charge in [0.25, 0.3) is 0 Å². The lowest BCUT2D eigenvalue weighted by atomic mass is 9.98. The Kier molecular flexibility index (Phi) is 4.36. The lowest BCUT2D eigenvalue weighted by Crippen LogP contribution is -2.35. The van der Waals surface area contributed by atoms with Gasteiger partial charge in [0.15, 0.2) is 0 Å². The third-order valence-corrected chi connectivity index (χ3v) is 3.36. The predicted molar refractivity (Wildman–Crippen MR) is 72.2 cm³/mol. The largest absolute Gasteiger partial charge is 0.481 e. The SMILES string of the molecule is COc1cc(C)nc(N(C)CC2CCNCC2)n1. The first-order valence-corrected chi connectivity index (χ1v) is 6.50. The number of rotatable bonds is 4. The van der Waals surface area contributed by atoms with Crippen molar-refractivity contribution in [1.29, 1.82) is 0 Å². The molecule has 2 heterocycles. The van der Waals surface area contributed by atoms with Crippen LogP contribution in [0.25, 0.3) is 0 Å². The fourth-order valence-corrected chi connectivity index (χ4v) is 2.33. The zero-order valence-corrected chi connectivity index (χ0v) is 11.4. The molecule has 5 nitrogen and oxygen atoms in total. The summed E-state index contributed by atoms with van der Waals surface area (Å²) in [5.74, 6) is 2.12. The van der Waals surface area contributed by atoms with Gasteiger partial charge in [-0.1, -0.05) is 0 Å². The van der Waals surface area contributed by atoms with E-state index in [-0.39, 0.29) is 0 Å². The molecule has 0 bridgehead atoms. The summed E-state index contributed by atoms with van der Waals surface area (Å²) in [5.41, 5.74) is 0.939. The number of piperidine rings is 1. The highest BCUT2D eigenvalue weighted by Crippen LogP contribution is 2.18. The van der Waals surface area contributed by atoms with Gasteiger partial charge in [-0.15, -0.1) is 0 Å². The Morgan fingerprint density at radius 2 is 2.11 bits per heavy atom. The maximum atomic E-state index is 5.19. The highest BCUT2D eigenvalue weighted by atomic mass is 16.5. The molecule has 1 aromatic rings. The minimum atomic E-state index is 0.634. The minimum absolute atomic E-state index is 0.634. The minimum Gasteiger partial charge on any atom is -0.481 e. The fraction of sp³-hybridized carbons (Fsp3) is 0.692. The van der Waals surface area contributed by atoms with Gasteiger partial charge in [0, 0.05) is 25.4 Å². The van der Waals surface area contributed by atoms with E-state index < -0.39 is 0 Å². The number of aromatic nitrogens is 2. The standard InChI is InChI=1S/C13H22N4O/c1-10-8-12(18-3)16-13(15-10)17(2)9-11-4-6-14-7-5-11/h8,11,14H,4-7,9H2,1-3H3. The summed E-state index contributed by atoms with van der Waals surface area (Å²) in [6.07, 6.45) is 2.46. The molecular formula is C13H22N4O. The Hall–Kier alpha value is -1.36. The van der Waals surface area contributed by atoms with Crippen LogP contribution in [0, 0.1) is 12.8 Å². The van der Waals surface area contributed by atoms with E-state index >= 15 is 0 Å². The zero-order chi connectivity index (χ0) is 13.0. The number of anilines is 1. The van der Waals surface area contributed by atoms with Gasteiger partial charge in [-0.25, -0.2) is 4.98 Å². The Labute approximate surface area is 109 Å². The van der Waals surface area contributed by atoms with Crippen LogP contribution in [-0.4, -0.2) is 43.8 Å². The van der Waals surface area contributed by atoms with Gasteiger partial charge in [-0.05, 0) is 38.8 Å². The van der Waals surface area contributed by atoms with Gasteiger partial charge in [0.05, 0.1) is 7.11 Å². The van der Waals surface area contributed by atoms with Gasteiger partial charge >= 0.3 is 0 Å². The zero-order valence-electron chi connectivity index (χ0n) is 11.4. The Morgan fingerprint density at radius 3 is 2.78 bits per heavy atom. The summed E-state index contributed by atoms with van der Waals surface area (Å²) in [4.78, 5) is 11.0. The molecule has 0 saturated carbocycles. The summed E-state index contributed by atoms with van der Waals surface area (Å²) in [5, 5.41) is 3.39. The smallest absolute Gasteiger partial charge is 0.228 e. The maximum absolute atomic E-state index is 5.19. The second-order valence-electron chi connectivity index (χ2n) is 4.93. The van der Waals surface area contributed by atoms with E-state index in [1.165, 1.54) is 12.8 Å². The summed E-state index contributed by atoms with van der Waals surface area (Å²) in [6.45, 7) is 5.22. The van der Waals surface area contributed by atoms with Crippen molar-refractivity contribution in [2.24, 2.45) is 5.92 Å². The van der Waals surface area contributed by atoms with Crippen LogP contribution in [0.15, 0.2) is 6.07 Å². The number of hydrogen-bond acceptors (Lipinski definition) is 5. The molecule has 2 rings (SSSR count). The highest BCUT2D eigenvalue weighted by molar-refractivity contribution is 5.33. The Balaban J connectivity index is 2.02. The maximum Gasteiger partial charge on any atom is 0.228 e. The summed E-state index contributed by atoms with van der Waals surface area (Å²) >= 11 is 0. The summed E-state index contributed by atoms with van der Waals surface area (Å²) in [6, 6.07) is 1.85. The van der Waals surface area contributed by atoms with E-state index in [0.717, 1.165) is 37.2 Å². The third kappa shape index (κ3) is 3.32. The van der Waals surface area contributed by atoms with Crippen molar-refractivity contribution >= 4 is 5.95 Å². The van der Waals surface area contributed by atoms with E-state index in [4.69, 9.17) is 4.74 Å². The van der Waals surface area contributed by atoms with E-state index in [9.17, 15) is 0 Å². The topological polar surface area (TPSA) is 50.3 Å².